The average Bonchev–Trinajstić information content (AvgIpc) is 1.62. The molecule has 0 aromatic rings. The van der Waals surface area contributed by atoms with Gasteiger partial charge in [-0.15, -0.1) is 0 Å². The Labute approximate surface area is 159 Å². The minimum Gasteiger partial charge on any atom is -0.0602 e. The van der Waals surface area contributed by atoms with Gasteiger partial charge in [-0.05, 0) is 49.4 Å². The Kier molecular flexibility index (Phi) is 21.3. The van der Waals surface area contributed by atoms with Gasteiger partial charge in [0.2, 0.25) is 0 Å². The zero-order valence-corrected chi connectivity index (χ0v) is 21.2. The zero-order valence-electron chi connectivity index (χ0n) is 17.3. The first-order valence-electron chi connectivity index (χ1n) is 7.41. The van der Waals surface area contributed by atoms with Gasteiger partial charge in [0, 0.05) is 27.3 Å². The van der Waals surface area contributed by atoms with Gasteiger partial charge in [-0.25, -0.2) is 0 Å². The Morgan fingerprint density at radius 1 is 0.333 bits per heavy atom. The predicted molar refractivity (Wildman–Crippen MR) is 105 cm³/mol. The van der Waals surface area contributed by atoms with Crippen molar-refractivity contribution >= 4 is 27.3 Å². The first-order valence-corrected chi connectivity index (χ1v) is 7.41. The van der Waals surface area contributed by atoms with E-state index in [2.05, 4.69) is 111 Å². The molecule has 0 aromatic carbocycles. The summed E-state index contributed by atoms with van der Waals surface area (Å²) in [7, 11) is 0. The minimum atomic E-state index is 0. The maximum atomic E-state index is 3.77. The normalized spacial score (nSPS) is 11.4. The van der Waals surface area contributed by atoms with E-state index in [1.807, 2.05) is 0 Å². The maximum Gasteiger partial charge on any atom is 0 e. The van der Waals surface area contributed by atoms with Crippen LogP contribution in [0.25, 0.3) is 0 Å². The molecule has 0 aromatic heterocycles. The molecular weight excluding hydrogens is 447 g/mol. The second-order valence-corrected chi connectivity index (χ2v) is 10.2. The molecule has 0 aliphatic rings. The van der Waals surface area contributed by atoms with E-state index in [4.69, 9.17) is 0 Å². The second-order valence-electron chi connectivity index (χ2n) is 10.2. The third kappa shape index (κ3) is 8810. The molecular formula is C20H44Pb. The Morgan fingerprint density at radius 3 is 0.333 bits per heavy atom. The molecule has 0 N–H and O–H groups in total. The van der Waals surface area contributed by atoms with E-state index in [-0.39, 0.29) is 49.0 Å². The summed E-state index contributed by atoms with van der Waals surface area (Å²) in [6, 6.07) is 0. The monoisotopic (exact) mass is 492 g/mol. The van der Waals surface area contributed by atoms with Gasteiger partial charge in [0.15, 0.2) is 0 Å². The smallest absolute Gasteiger partial charge is 0 e. The molecule has 0 heterocycles. The zero-order chi connectivity index (χ0) is 18.0. The van der Waals surface area contributed by atoms with Crippen LogP contribution < -0.4 is 0 Å². The van der Waals surface area contributed by atoms with Crippen molar-refractivity contribution in [2.24, 2.45) is 21.7 Å². The average molecular weight is 492 g/mol. The summed E-state index contributed by atoms with van der Waals surface area (Å²) < 4.78 is 0. The molecule has 0 nitrogen and oxygen atoms in total. The van der Waals surface area contributed by atoms with E-state index in [1.54, 1.807) is 0 Å². The van der Waals surface area contributed by atoms with Crippen molar-refractivity contribution in [3.63, 3.8) is 0 Å². The van der Waals surface area contributed by atoms with Gasteiger partial charge < -0.3 is 0 Å². The summed E-state index contributed by atoms with van der Waals surface area (Å²) >= 11 is 0. The Hall–Kier alpha value is 0.922. The Balaban J connectivity index is -0.0000000533. The third-order valence-electron chi connectivity index (χ3n) is 0. The van der Waals surface area contributed by atoms with Crippen LogP contribution >= 0.6 is 0 Å². The molecule has 0 spiro atoms. The summed E-state index contributed by atoms with van der Waals surface area (Å²) in [4.78, 5) is 0. The van der Waals surface area contributed by atoms with Crippen LogP contribution in [-0.4, -0.2) is 27.3 Å². The second kappa shape index (κ2) is 13.4. The third-order valence-corrected chi connectivity index (χ3v) is 0. The fourth-order valence-electron chi connectivity index (χ4n) is 0. The molecule has 0 fully saturated rings. The van der Waals surface area contributed by atoms with Crippen LogP contribution in [0.2, 0.25) is 0 Å². The molecule has 0 aliphatic heterocycles. The fraction of sp³-hybridized carbons (Fsp3) is 0.800. The molecule has 8 radical (unpaired) electrons. The van der Waals surface area contributed by atoms with Crippen molar-refractivity contribution in [1.29, 1.82) is 0 Å². The van der Waals surface area contributed by atoms with Gasteiger partial charge in [0.1, 0.15) is 0 Å². The van der Waals surface area contributed by atoms with Gasteiger partial charge in [0.25, 0.3) is 0 Å². The van der Waals surface area contributed by atoms with Crippen molar-refractivity contribution in [3.8, 4) is 0 Å². The van der Waals surface area contributed by atoms with Gasteiger partial charge >= 0.3 is 0 Å². The van der Waals surface area contributed by atoms with Gasteiger partial charge in [-0.2, -0.15) is 0 Å². The molecule has 0 bridgehead atoms. The largest absolute Gasteiger partial charge is 0.0602 e. The van der Waals surface area contributed by atoms with Crippen LogP contribution in [0.4, 0.5) is 0 Å². The number of hydrogen-bond acceptors (Lipinski definition) is 0. The van der Waals surface area contributed by atoms with Gasteiger partial charge in [-0.3, -0.25) is 0 Å². The van der Waals surface area contributed by atoms with Crippen LogP contribution in [0.1, 0.15) is 83.1 Å². The van der Waals surface area contributed by atoms with E-state index in [0.29, 0.717) is 0 Å². The first-order chi connectivity index (χ1) is 8.00. The summed E-state index contributed by atoms with van der Waals surface area (Å²) in [6.07, 6.45) is 0. The van der Waals surface area contributed by atoms with Crippen molar-refractivity contribution in [1.82, 2.24) is 0 Å². The summed E-state index contributed by atoms with van der Waals surface area (Å²) in [5.41, 5.74) is 1.00. The molecule has 0 rings (SSSR count). The molecule has 0 amide bonds. The van der Waals surface area contributed by atoms with Crippen molar-refractivity contribution in [3.05, 3.63) is 27.7 Å². The van der Waals surface area contributed by atoms with Crippen LogP contribution in [0, 0.1) is 49.4 Å². The Bertz CT molecular complexity index is 116. The number of hydrogen-bond donors (Lipinski definition) is 0. The molecule has 0 unspecified atom stereocenters. The van der Waals surface area contributed by atoms with Crippen molar-refractivity contribution < 1.29 is 0 Å². The minimum absolute atomic E-state index is 0. The molecule has 128 valence electrons. The summed E-state index contributed by atoms with van der Waals surface area (Å²) in [6.45, 7) is 40.0. The summed E-state index contributed by atoms with van der Waals surface area (Å²) in [5.74, 6) is 0. The predicted octanol–water partition coefficient (Wildman–Crippen LogP) is 7.09. The molecule has 0 saturated carbocycles. The molecule has 21 heavy (non-hydrogen) atoms. The quantitative estimate of drug-likeness (QED) is 0.317. The van der Waals surface area contributed by atoms with Crippen LogP contribution in [0.15, 0.2) is 0 Å². The maximum absolute atomic E-state index is 3.77. The van der Waals surface area contributed by atoms with Crippen LogP contribution in [0.3, 0.4) is 0 Å². The standard InChI is InChI=1S/4C5H11.Pb/c4*1-5(2,3)4;/h4*1H2,2-4H3;. The number of rotatable bonds is 0. The van der Waals surface area contributed by atoms with Gasteiger partial charge in [0.05, 0.1) is 0 Å². The van der Waals surface area contributed by atoms with E-state index >= 15 is 0 Å². The SMILES string of the molecule is [CH2]C(C)(C)C.[CH2]C(C)(C)C.[CH2]C(C)(C)C.[CH2]C(C)(C)C.[Pb]. The molecule has 0 saturated heterocycles. The van der Waals surface area contributed by atoms with E-state index in [0.717, 1.165) is 0 Å². The Morgan fingerprint density at radius 2 is 0.333 bits per heavy atom. The van der Waals surface area contributed by atoms with E-state index < -0.39 is 0 Å². The van der Waals surface area contributed by atoms with E-state index in [9.17, 15) is 0 Å². The van der Waals surface area contributed by atoms with Crippen LogP contribution in [-0.2, 0) is 0 Å². The van der Waals surface area contributed by atoms with Gasteiger partial charge in [-0.1, -0.05) is 83.1 Å². The fourth-order valence-corrected chi connectivity index (χ4v) is 0. The van der Waals surface area contributed by atoms with Crippen molar-refractivity contribution in [2.75, 3.05) is 0 Å². The van der Waals surface area contributed by atoms with Crippen molar-refractivity contribution in [2.45, 2.75) is 83.1 Å². The van der Waals surface area contributed by atoms with Crippen LogP contribution in [0.5, 0.6) is 0 Å². The topological polar surface area (TPSA) is 0 Å². The molecule has 1 heteroatoms. The molecule has 0 atom stereocenters. The summed E-state index contributed by atoms with van der Waals surface area (Å²) in [5, 5.41) is 0. The van der Waals surface area contributed by atoms with E-state index in [1.165, 1.54) is 0 Å². The molecule has 0 aliphatic carbocycles. The first kappa shape index (κ1) is 33.5.